The standard InChI is InChI=1S/C22H20ClFN4O4/c1-31-18-6-4-13(21(29)32-2)10-17(18)27-22(30)28-8-7-16-19(26-11-25-16)20(28)12-3-5-15(24)14(23)9-12/h3-6,9-11,20H,7-8H2,1-2H3,(H,25,26)(H,27,30). The number of rotatable bonds is 4. The maximum atomic E-state index is 13.8. The number of anilines is 1. The lowest BCUT2D eigenvalue weighted by Gasteiger charge is -2.35. The number of H-pyrrole nitrogens is 1. The van der Waals surface area contributed by atoms with Crippen molar-refractivity contribution in [2.24, 2.45) is 0 Å². The van der Waals surface area contributed by atoms with Gasteiger partial charge >= 0.3 is 12.0 Å². The first kappa shape index (κ1) is 21.6. The highest BCUT2D eigenvalue weighted by molar-refractivity contribution is 6.30. The number of aromatic nitrogens is 2. The highest BCUT2D eigenvalue weighted by Gasteiger charge is 2.35. The lowest BCUT2D eigenvalue weighted by molar-refractivity contribution is 0.0600. The van der Waals surface area contributed by atoms with Crippen molar-refractivity contribution in [2.75, 3.05) is 26.1 Å². The van der Waals surface area contributed by atoms with Crippen LogP contribution in [0.1, 0.15) is 33.4 Å². The van der Waals surface area contributed by atoms with Crippen LogP contribution in [0.25, 0.3) is 0 Å². The van der Waals surface area contributed by atoms with Crippen LogP contribution in [0.5, 0.6) is 5.75 Å². The summed E-state index contributed by atoms with van der Waals surface area (Å²) in [5.41, 5.74) is 2.74. The van der Waals surface area contributed by atoms with E-state index in [2.05, 4.69) is 15.3 Å². The molecule has 2 aromatic carbocycles. The van der Waals surface area contributed by atoms with E-state index in [1.54, 1.807) is 29.4 Å². The molecule has 166 valence electrons. The average Bonchev–Trinajstić information content (AvgIpc) is 3.28. The van der Waals surface area contributed by atoms with Gasteiger partial charge in [0.25, 0.3) is 0 Å². The van der Waals surface area contributed by atoms with E-state index in [0.29, 0.717) is 35.7 Å². The monoisotopic (exact) mass is 458 g/mol. The number of esters is 1. The third-order valence-corrected chi connectivity index (χ3v) is 5.60. The van der Waals surface area contributed by atoms with Gasteiger partial charge in [-0.25, -0.2) is 19.0 Å². The number of hydrogen-bond donors (Lipinski definition) is 2. The lowest BCUT2D eigenvalue weighted by Crippen LogP contribution is -2.43. The molecule has 4 rings (SSSR count). The molecule has 2 amide bonds. The molecule has 3 aromatic rings. The maximum absolute atomic E-state index is 13.8. The quantitative estimate of drug-likeness (QED) is 0.572. The zero-order valence-electron chi connectivity index (χ0n) is 17.3. The number of carbonyl (C=O) groups excluding carboxylic acids is 2. The Morgan fingerprint density at radius 3 is 2.78 bits per heavy atom. The van der Waals surface area contributed by atoms with Crippen molar-refractivity contribution < 1.29 is 23.5 Å². The maximum Gasteiger partial charge on any atom is 0.337 e. The number of carbonyl (C=O) groups is 2. The van der Waals surface area contributed by atoms with Crippen molar-refractivity contribution >= 4 is 29.3 Å². The summed E-state index contributed by atoms with van der Waals surface area (Å²) in [4.78, 5) is 34.3. The van der Waals surface area contributed by atoms with Crippen molar-refractivity contribution in [3.63, 3.8) is 0 Å². The Labute approximate surface area is 188 Å². The number of fused-ring (bicyclic) bond motifs is 1. The predicted molar refractivity (Wildman–Crippen MR) is 116 cm³/mol. The number of nitrogens with one attached hydrogen (secondary N) is 2. The molecule has 0 fully saturated rings. The molecule has 1 aliphatic heterocycles. The largest absolute Gasteiger partial charge is 0.495 e. The van der Waals surface area contributed by atoms with Crippen LogP contribution < -0.4 is 10.1 Å². The van der Waals surface area contributed by atoms with Crippen LogP contribution in [0, 0.1) is 5.82 Å². The number of halogens is 2. The Morgan fingerprint density at radius 1 is 1.25 bits per heavy atom. The molecular weight excluding hydrogens is 439 g/mol. The van der Waals surface area contributed by atoms with E-state index in [1.165, 1.54) is 32.4 Å². The fourth-order valence-corrected chi connectivity index (χ4v) is 3.94. The van der Waals surface area contributed by atoms with Crippen LogP contribution in [-0.4, -0.2) is 47.6 Å². The molecule has 0 aliphatic carbocycles. The van der Waals surface area contributed by atoms with E-state index >= 15 is 0 Å². The number of aromatic amines is 1. The number of amides is 2. The highest BCUT2D eigenvalue weighted by atomic mass is 35.5. The van der Waals surface area contributed by atoms with Crippen LogP contribution in [0.3, 0.4) is 0 Å². The molecule has 8 nitrogen and oxygen atoms in total. The Hall–Kier alpha value is -3.59. The van der Waals surface area contributed by atoms with E-state index < -0.39 is 23.9 Å². The number of benzene rings is 2. The molecule has 0 saturated heterocycles. The fourth-order valence-electron chi connectivity index (χ4n) is 3.75. The van der Waals surface area contributed by atoms with Gasteiger partial charge in [0.05, 0.1) is 42.5 Å². The van der Waals surface area contributed by atoms with E-state index in [9.17, 15) is 14.0 Å². The second-order valence-corrected chi connectivity index (χ2v) is 7.53. The minimum absolute atomic E-state index is 0.0436. The Balaban J connectivity index is 1.69. The molecular formula is C22H20ClFN4O4. The second-order valence-electron chi connectivity index (χ2n) is 7.12. The van der Waals surface area contributed by atoms with Gasteiger partial charge in [-0.15, -0.1) is 0 Å². The van der Waals surface area contributed by atoms with E-state index in [4.69, 9.17) is 21.1 Å². The van der Waals surface area contributed by atoms with Gasteiger partial charge in [-0.2, -0.15) is 0 Å². The molecule has 1 aromatic heterocycles. The number of urea groups is 1. The summed E-state index contributed by atoms with van der Waals surface area (Å²) in [7, 11) is 2.74. The predicted octanol–water partition coefficient (Wildman–Crippen LogP) is 4.18. The third kappa shape index (κ3) is 3.99. The molecule has 1 unspecified atom stereocenters. The summed E-state index contributed by atoms with van der Waals surface area (Å²) in [6.45, 7) is 0.375. The molecule has 0 spiro atoms. The van der Waals surface area contributed by atoms with Gasteiger partial charge < -0.3 is 24.7 Å². The Bertz CT molecular complexity index is 1180. The molecule has 2 N–H and O–H groups in total. The van der Waals surface area contributed by atoms with Gasteiger partial charge in [-0.3, -0.25) is 0 Å². The average molecular weight is 459 g/mol. The van der Waals surface area contributed by atoms with E-state index in [-0.39, 0.29) is 10.6 Å². The van der Waals surface area contributed by atoms with Crippen LogP contribution >= 0.6 is 11.6 Å². The number of imidazole rings is 1. The van der Waals surface area contributed by atoms with Crippen LogP contribution in [0.15, 0.2) is 42.7 Å². The fraction of sp³-hybridized carbons (Fsp3) is 0.227. The lowest BCUT2D eigenvalue weighted by atomic mass is 9.96. The van der Waals surface area contributed by atoms with Crippen molar-refractivity contribution in [3.05, 3.63) is 76.1 Å². The minimum Gasteiger partial charge on any atom is -0.495 e. The Morgan fingerprint density at radius 2 is 2.06 bits per heavy atom. The molecule has 32 heavy (non-hydrogen) atoms. The van der Waals surface area contributed by atoms with E-state index in [0.717, 1.165) is 5.69 Å². The molecule has 1 atom stereocenters. The first-order valence-corrected chi connectivity index (χ1v) is 10.1. The van der Waals surface area contributed by atoms with Crippen LogP contribution in [0.4, 0.5) is 14.9 Å². The zero-order chi connectivity index (χ0) is 22.8. The van der Waals surface area contributed by atoms with Gasteiger partial charge in [0.2, 0.25) is 0 Å². The molecule has 1 aliphatic rings. The number of ether oxygens (including phenoxy) is 2. The number of nitrogens with zero attached hydrogens (tertiary/aromatic N) is 2. The SMILES string of the molecule is COC(=O)c1ccc(OC)c(NC(=O)N2CCc3[nH]cnc3C2c2ccc(F)c(Cl)c2)c1. The van der Waals surface area contributed by atoms with Crippen molar-refractivity contribution in [3.8, 4) is 5.75 Å². The smallest absolute Gasteiger partial charge is 0.337 e. The van der Waals surface area contributed by atoms with Gasteiger partial charge in [0.15, 0.2) is 0 Å². The molecule has 10 heteroatoms. The highest BCUT2D eigenvalue weighted by Crippen LogP contribution is 2.36. The van der Waals surface area contributed by atoms with E-state index in [1.807, 2.05) is 0 Å². The number of methoxy groups -OCH3 is 2. The molecule has 0 saturated carbocycles. The summed E-state index contributed by atoms with van der Waals surface area (Å²) >= 11 is 6.01. The van der Waals surface area contributed by atoms with Crippen LogP contribution in [0.2, 0.25) is 5.02 Å². The number of hydrogen-bond acceptors (Lipinski definition) is 5. The van der Waals surface area contributed by atoms with Gasteiger partial charge in [0, 0.05) is 18.7 Å². The second kappa shape index (κ2) is 8.88. The Kier molecular flexibility index (Phi) is 6.00. The first-order chi connectivity index (χ1) is 15.4. The third-order valence-electron chi connectivity index (χ3n) is 5.31. The topological polar surface area (TPSA) is 96.5 Å². The molecule has 2 heterocycles. The minimum atomic E-state index is -0.585. The van der Waals surface area contributed by atoms with Gasteiger partial charge in [-0.05, 0) is 35.9 Å². The summed E-state index contributed by atoms with van der Waals surface area (Å²) in [6, 6.07) is 7.90. The first-order valence-electron chi connectivity index (χ1n) is 9.74. The van der Waals surface area contributed by atoms with Crippen molar-refractivity contribution in [2.45, 2.75) is 12.5 Å². The zero-order valence-corrected chi connectivity index (χ0v) is 18.1. The summed E-state index contributed by atoms with van der Waals surface area (Å²) < 4.78 is 23.8. The summed E-state index contributed by atoms with van der Waals surface area (Å²) in [5, 5.41) is 2.76. The van der Waals surface area contributed by atoms with Crippen LogP contribution in [-0.2, 0) is 11.2 Å². The van der Waals surface area contributed by atoms with Gasteiger partial charge in [-0.1, -0.05) is 17.7 Å². The molecule has 0 radical (unpaired) electrons. The van der Waals surface area contributed by atoms with Gasteiger partial charge in [0.1, 0.15) is 17.6 Å². The summed E-state index contributed by atoms with van der Waals surface area (Å²) in [6.07, 6.45) is 2.13. The van der Waals surface area contributed by atoms with Crippen molar-refractivity contribution in [1.29, 1.82) is 0 Å². The molecule has 0 bridgehead atoms. The summed E-state index contributed by atoms with van der Waals surface area (Å²) in [5.74, 6) is -0.709. The normalized spacial score (nSPS) is 15.1. The van der Waals surface area contributed by atoms with Crippen molar-refractivity contribution in [1.82, 2.24) is 14.9 Å².